The first-order chi connectivity index (χ1) is 56.3. The van der Waals surface area contributed by atoms with Crippen molar-refractivity contribution in [3.05, 3.63) is 22.7 Å². The highest BCUT2D eigenvalue weighted by Gasteiger charge is 2.49. The van der Waals surface area contributed by atoms with Crippen molar-refractivity contribution in [2.24, 2.45) is 0 Å². The Hall–Kier alpha value is -6.28. The van der Waals surface area contributed by atoms with Crippen molar-refractivity contribution in [3.8, 4) is 0 Å². The van der Waals surface area contributed by atoms with E-state index in [0.29, 0.717) is 96.4 Å². The summed E-state index contributed by atoms with van der Waals surface area (Å²) in [6.07, 6.45) is -11.8. The van der Waals surface area contributed by atoms with E-state index >= 15 is 0 Å². The Labute approximate surface area is 689 Å². The molecular weight excluding hydrogens is 1600 g/mol. The van der Waals surface area contributed by atoms with Crippen LogP contribution in [0.4, 0.5) is 5.82 Å². The monoisotopic (exact) mass is 1730 g/mol. The second-order valence-corrected chi connectivity index (χ2v) is 32.3. The summed E-state index contributed by atoms with van der Waals surface area (Å²) >= 11 is 5.16. The van der Waals surface area contributed by atoms with E-state index in [-0.39, 0.29) is 134 Å². The van der Waals surface area contributed by atoms with Crippen molar-refractivity contribution in [1.29, 1.82) is 0 Å². The van der Waals surface area contributed by atoms with Gasteiger partial charge in [0.2, 0.25) is 53.2 Å². The predicted molar refractivity (Wildman–Crippen MR) is 418 cm³/mol. The van der Waals surface area contributed by atoms with Gasteiger partial charge in [0.15, 0.2) is 25.1 Å². The smallest absolute Gasteiger partial charge is 0.351 e. The molecule has 4 saturated heterocycles. The Bertz CT molecular complexity index is 3330. The summed E-state index contributed by atoms with van der Waals surface area (Å²) in [5.41, 5.74) is 4.88. The summed E-state index contributed by atoms with van der Waals surface area (Å²) in [5, 5.41) is 127. The number of aromatic nitrogens is 2. The van der Waals surface area contributed by atoms with Crippen LogP contribution in [0.3, 0.4) is 0 Å². The van der Waals surface area contributed by atoms with E-state index in [1.165, 1.54) is 40.1 Å². The quantitative estimate of drug-likeness (QED) is 0.0214. The molecule has 1 aromatic heterocycles. The zero-order valence-corrected chi connectivity index (χ0v) is 69.2. The van der Waals surface area contributed by atoms with Crippen LogP contribution in [0.1, 0.15) is 175 Å². The number of nitrogens with zero attached hydrogens (tertiary/aromatic N) is 2. The van der Waals surface area contributed by atoms with E-state index in [4.69, 9.17) is 64.5 Å². The minimum Gasteiger partial charge on any atom is -0.394 e. The molecule has 43 nitrogen and oxygen atoms in total. The Kier molecular flexibility index (Phi) is 47.6. The lowest BCUT2D eigenvalue weighted by atomic mass is 9.97. The number of rotatable bonds is 57. The minimum absolute atomic E-state index is 0.000423. The van der Waals surface area contributed by atoms with Crippen LogP contribution < -0.4 is 59.3 Å². The van der Waals surface area contributed by atoms with Gasteiger partial charge in [-0.1, -0.05) is 19.3 Å². The molecule has 118 heavy (non-hydrogen) atoms. The molecule has 5 heterocycles. The van der Waals surface area contributed by atoms with Crippen molar-refractivity contribution in [3.63, 3.8) is 0 Å². The number of aliphatic hydroxyl groups excluding tert-OH is 10. The van der Waals surface area contributed by atoms with E-state index < -0.39 is 196 Å². The molecule has 0 aromatic carbocycles. The average Bonchev–Trinajstić information content (AvgIpc) is 1.39. The highest BCUT2D eigenvalue weighted by molar-refractivity contribution is 8.07. The van der Waals surface area contributed by atoms with Crippen LogP contribution in [0, 0.1) is 0 Å². The maximum absolute atomic E-state index is 14.5. The van der Waals surface area contributed by atoms with Crippen LogP contribution in [0.15, 0.2) is 17.1 Å². The molecular formula is C73H127N12O31PS. The van der Waals surface area contributed by atoms with E-state index in [2.05, 4.69) is 52.8 Å². The van der Waals surface area contributed by atoms with E-state index in [9.17, 15) is 104 Å². The maximum Gasteiger partial charge on any atom is 0.351 e. The van der Waals surface area contributed by atoms with Crippen LogP contribution in [0.2, 0.25) is 0 Å². The van der Waals surface area contributed by atoms with E-state index in [0.717, 1.165) is 4.57 Å². The number of nitrogens with two attached hydrogens (primary N) is 1. The van der Waals surface area contributed by atoms with Crippen molar-refractivity contribution >= 4 is 77.5 Å². The van der Waals surface area contributed by atoms with Gasteiger partial charge in [-0.15, -0.1) is 0 Å². The first-order valence-corrected chi connectivity index (χ1v) is 43.0. The van der Waals surface area contributed by atoms with Crippen molar-refractivity contribution < 1.29 is 146 Å². The Morgan fingerprint density at radius 1 is 0.483 bits per heavy atom. The third-order valence-corrected chi connectivity index (χ3v) is 21.5. The van der Waals surface area contributed by atoms with Crippen LogP contribution in [0.25, 0.3) is 0 Å². The number of ether oxygens (including phenoxy) is 8. The number of nitrogens with one attached hydrogen (secondary N) is 9. The largest absolute Gasteiger partial charge is 0.394 e. The van der Waals surface area contributed by atoms with Gasteiger partial charge < -0.3 is 156 Å². The number of hydrogen-bond donors (Lipinski definition) is 21. The average molecular weight is 1730 g/mol. The van der Waals surface area contributed by atoms with Crippen molar-refractivity contribution in [2.45, 2.75) is 297 Å². The lowest BCUT2D eigenvalue weighted by molar-refractivity contribution is -0.270. The molecule has 22 atom stereocenters. The Morgan fingerprint density at radius 2 is 0.864 bits per heavy atom. The van der Waals surface area contributed by atoms with Gasteiger partial charge >= 0.3 is 12.4 Å². The van der Waals surface area contributed by atoms with Gasteiger partial charge in [0.05, 0.1) is 33.0 Å². The number of aliphatic hydroxyl groups is 10. The number of unbranched alkanes of at least 4 members (excludes halogenated alkanes) is 10. The van der Waals surface area contributed by atoms with Crippen LogP contribution >= 0.6 is 6.72 Å². The topological polar surface area (TPSA) is 638 Å². The van der Waals surface area contributed by atoms with Crippen LogP contribution in [0.5, 0.6) is 0 Å². The maximum atomic E-state index is 14.5. The lowest BCUT2D eigenvalue weighted by Gasteiger charge is -2.42. The van der Waals surface area contributed by atoms with Gasteiger partial charge in [0.25, 0.3) is 0 Å². The number of amides is 9. The predicted octanol–water partition coefficient (Wildman–Crippen LogP) is -5.36. The second-order valence-electron chi connectivity index (χ2n) is 29.4. The third-order valence-electron chi connectivity index (χ3n) is 19.9. The SMILES string of the molecule is CO[C@@H]1[C@H](O)[C@@H](COP(O)(=S)OCCCCCCNC(=O)CCCCCNC(=O)[C@H](CCCCNC(=O)CCCCO[C@@H]2O[C@H](CO)[C@H](O)[C@H](O)[C@H]2NC(C)=O)NC(=O)[C@H](CCCCNC(=O)CCCCO[C@@H]2O[C@H](CO)[C@H](O)[C@H](O)[C@H]2NC(C)=O)NC(=O)CCCCO[C@@H]2O[C@H](CO)[C@H](O)[C@H](O)[C@H]2NC(C)=O)O[C@H]1n1ccc(N)nc1=O. The molecule has 4 fully saturated rings. The molecule has 45 heteroatoms. The zero-order chi connectivity index (χ0) is 86.9. The highest BCUT2D eigenvalue weighted by Crippen LogP contribution is 2.45. The Morgan fingerprint density at radius 3 is 1.28 bits per heavy atom. The fraction of sp³-hybridized carbons (Fsp3) is 0.822. The molecule has 0 aliphatic carbocycles. The summed E-state index contributed by atoms with van der Waals surface area (Å²) in [4.78, 5) is 143. The molecule has 5 rings (SSSR count). The minimum atomic E-state index is -3.76. The molecule has 676 valence electrons. The van der Waals surface area contributed by atoms with Gasteiger partial charge in [0, 0.05) is 106 Å². The van der Waals surface area contributed by atoms with Gasteiger partial charge in [-0.2, -0.15) is 4.98 Å². The first-order valence-electron chi connectivity index (χ1n) is 40.4. The number of hydrogen-bond acceptors (Lipinski definition) is 33. The highest BCUT2D eigenvalue weighted by atomic mass is 32.5. The summed E-state index contributed by atoms with van der Waals surface area (Å²) in [6, 6.07) is -4.43. The number of carbonyl (C=O) groups excluding carboxylic acids is 9. The Balaban J connectivity index is 1.12. The fourth-order valence-electron chi connectivity index (χ4n) is 13.4. The molecule has 9 amide bonds. The van der Waals surface area contributed by atoms with Gasteiger partial charge in [-0.3, -0.25) is 47.7 Å². The normalized spacial score (nSPS) is 27.3. The van der Waals surface area contributed by atoms with Gasteiger partial charge in [-0.25, -0.2) is 4.79 Å². The molecule has 1 unspecified atom stereocenters. The molecule has 0 radical (unpaired) electrons. The number of anilines is 1. The third kappa shape index (κ3) is 36.0. The molecule has 22 N–H and O–H groups in total. The second kappa shape index (κ2) is 55.0. The molecule has 0 saturated carbocycles. The zero-order valence-electron chi connectivity index (χ0n) is 67.4. The number of methoxy groups -OCH3 is 1. The van der Waals surface area contributed by atoms with Crippen LogP contribution in [-0.4, -0.2) is 327 Å². The molecule has 0 spiro atoms. The van der Waals surface area contributed by atoms with Crippen molar-refractivity contribution in [2.75, 3.05) is 91.9 Å². The molecule has 4 aliphatic rings. The lowest BCUT2D eigenvalue weighted by Crippen LogP contribution is -2.64. The fourth-order valence-corrected chi connectivity index (χ4v) is 14.6. The molecule has 4 aliphatic heterocycles. The van der Waals surface area contributed by atoms with E-state index in [1.807, 2.05) is 0 Å². The van der Waals surface area contributed by atoms with E-state index in [1.54, 1.807) is 0 Å². The van der Waals surface area contributed by atoms with Gasteiger partial charge in [-0.05, 0) is 121 Å². The summed E-state index contributed by atoms with van der Waals surface area (Å²) in [7, 11) is 1.33. The van der Waals surface area contributed by atoms with Crippen molar-refractivity contribution in [1.82, 2.24) is 57.4 Å². The van der Waals surface area contributed by atoms with Crippen LogP contribution in [-0.2, 0) is 102 Å². The number of nitrogen functional groups attached to an aromatic ring is 1. The standard InChI is InChI=1S/C73H127N12O31PS/c1-42(89)79-56-63(100)59(96)47(38-86)114-70(56)108-34-19-11-25-53(93)76-30-16-9-22-45(67(103)78-32-15-7-8-24-52(92)75-29-14-5-6-18-37-111-117(106,118)112-41-50-62(99)66(107-4)69(113-50)85-33-28-51(74)84-73(85)105)83-68(104)46(82-55(95)27-13-21-36-110-72-58(81-44(3)91)65(102)61(98)49(40-88)116-72)23-10-17-31-77-54(94)26-12-20-35-109-71-57(80-43(2)90)64(101)60(97)48(39-87)115-71/h28,33,45-50,56-66,69-72,86-88,96-102H,5-27,29-32,34-41H2,1-4H3,(H,75,92)(H,76,93)(H,77,94)(H,78,103)(H,79,89)(H,80,90)(H,81,91)(H,82,95)(H,83,104)(H,106,118)(H2,74,84,105)/t45-,46-,47+,48+,49+,50+,56+,57+,58+,59-,60-,61-,62+,63+,64+,65+,66+,69+,70+,71+,72+,117?/m0/s1. The molecule has 1 aromatic rings. The summed E-state index contributed by atoms with van der Waals surface area (Å²) < 4.78 is 57.4. The number of carbonyl (C=O) groups is 9. The van der Waals surface area contributed by atoms with Gasteiger partial charge in [0.1, 0.15) is 109 Å². The first kappa shape index (κ1) is 102. The summed E-state index contributed by atoms with van der Waals surface area (Å²) in [5.74, 6) is -4.16. The molecule has 0 bridgehead atoms. The summed E-state index contributed by atoms with van der Waals surface area (Å²) in [6.45, 7) is -1.40.